The van der Waals surface area contributed by atoms with Crippen LogP contribution in [0, 0.1) is 5.92 Å². The number of fused-ring (bicyclic) bond motifs is 1. The predicted octanol–water partition coefficient (Wildman–Crippen LogP) is 1.41. The average Bonchev–Trinajstić information content (AvgIpc) is 2.16. The Hall–Kier alpha value is -1.22. The fourth-order valence-electron chi connectivity index (χ4n) is 1.68. The highest BCUT2D eigenvalue weighted by atomic mass is 35.5. The van der Waals surface area contributed by atoms with Gasteiger partial charge in [-0.2, -0.15) is 0 Å². The zero-order valence-corrected chi connectivity index (χ0v) is 8.34. The SMILES string of the molecule is NC(=O)C1CNc2ccc(Cl)cc2C1. The van der Waals surface area contributed by atoms with Gasteiger partial charge in [-0.3, -0.25) is 4.79 Å². The van der Waals surface area contributed by atoms with Crippen molar-refractivity contribution in [2.75, 3.05) is 11.9 Å². The van der Waals surface area contributed by atoms with Gasteiger partial charge in [0.1, 0.15) is 0 Å². The molecule has 1 unspecified atom stereocenters. The number of hydrogen-bond donors (Lipinski definition) is 2. The maximum absolute atomic E-state index is 11.0. The van der Waals surface area contributed by atoms with Gasteiger partial charge in [-0.05, 0) is 30.2 Å². The lowest BCUT2D eigenvalue weighted by Gasteiger charge is -2.23. The minimum absolute atomic E-state index is 0.124. The van der Waals surface area contributed by atoms with E-state index in [1.54, 1.807) is 0 Å². The molecule has 1 heterocycles. The molecular formula is C10H11ClN2O. The number of carbonyl (C=O) groups excluding carboxylic acids is 1. The van der Waals surface area contributed by atoms with E-state index in [-0.39, 0.29) is 11.8 Å². The molecular weight excluding hydrogens is 200 g/mol. The Kier molecular flexibility index (Phi) is 2.33. The van der Waals surface area contributed by atoms with E-state index in [1.807, 2.05) is 18.2 Å². The molecule has 2 rings (SSSR count). The highest BCUT2D eigenvalue weighted by Crippen LogP contribution is 2.27. The summed E-state index contributed by atoms with van der Waals surface area (Å²) < 4.78 is 0. The fourth-order valence-corrected chi connectivity index (χ4v) is 1.87. The van der Waals surface area contributed by atoms with Crippen molar-refractivity contribution in [1.82, 2.24) is 0 Å². The number of amides is 1. The smallest absolute Gasteiger partial charge is 0.222 e. The Labute approximate surface area is 87.2 Å². The molecule has 4 heteroatoms. The van der Waals surface area contributed by atoms with Crippen molar-refractivity contribution in [3.63, 3.8) is 0 Å². The number of rotatable bonds is 1. The number of halogens is 1. The Balaban J connectivity index is 2.29. The number of benzene rings is 1. The lowest BCUT2D eigenvalue weighted by atomic mass is 9.93. The monoisotopic (exact) mass is 210 g/mol. The Morgan fingerprint density at radius 2 is 2.36 bits per heavy atom. The van der Waals surface area contributed by atoms with Crippen molar-refractivity contribution in [2.45, 2.75) is 6.42 Å². The number of nitrogens with one attached hydrogen (secondary N) is 1. The van der Waals surface area contributed by atoms with Gasteiger partial charge in [0.15, 0.2) is 0 Å². The first kappa shape index (κ1) is 9.34. The van der Waals surface area contributed by atoms with E-state index in [4.69, 9.17) is 17.3 Å². The van der Waals surface area contributed by atoms with Crippen LogP contribution in [0.2, 0.25) is 5.02 Å². The standard InChI is InChI=1S/C10H11ClN2O/c11-8-1-2-9-6(4-8)3-7(5-13-9)10(12)14/h1-2,4,7,13H,3,5H2,(H2,12,14). The fraction of sp³-hybridized carbons (Fsp3) is 0.300. The molecule has 1 amide bonds. The van der Waals surface area contributed by atoms with Crippen LogP contribution in [0.1, 0.15) is 5.56 Å². The van der Waals surface area contributed by atoms with E-state index in [2.05, 4.69) is 5.32 Å². The lowest BCUT2D eigenvalue weighted by Crippen LogP contribution is -2.34. The van der Waals surface area contributed by atoms with Crippen LogP contribution in [0.3, 0.4) is 0 Å². The summed E-state index contributed by atoms with van der Waals surface area (Å²) >= 11 is 5.86. The minimum Gasteiger partial charge on any atom is -0.384 e. The summed E-state index contributed by atoms with van der Waals surface area (Å²) in [5, 5.41) is 3.85. The zero-order valence-electron chi connectivity index (χ0n) is 7.59. The van der Waals surface area contributed by atoms with Crippen molar-refractivity contribution < 1.29 is 4.79 Å². The third-order valence-corrected chi connectivity index (χ3v) is 2.71. The third kappa shape index (κ3) is 1.68. The van der Waals surface area contributed by atoms with Crippen LogP contribution in [-0.2, 0) is 11.2 Å². The minimum atomic E-state index is -0.261. The molecule has 1 aromatic carbocycles. The molecule has 1 aliphatic heterocycles. The van der Waals surface area contributed by atoms with Crippen LogP contribution in [0.4, 0.5) is 5.69 Å². The molecule has 1 aromatic rings. The van der Waals surface area contributed by atoms with Gasteiger partial charge < -0.3 is 11.1 Å². The molecule has 1 atom stereocenters. The van der Waals surface area contributed by atoms with Crippen molar-refractivity contribution in [1.29, 1.82) is 0 Å². The normalized spacial score (nSPS) is 19.6. The summed E-state index contributed by atoms with van der Waals surface area (Å²) in [5.74, 6) is -0.385. The summed E-state index contributed by atoms with van der Waals surface area (Å²) in [6.07, 6.45) is 0.679. The Bertz CT molecular complexity index is 378. The summed E-state index contributed by atoms with van der Waals surface area (Å²) in [6, 6.07) is 5.63. The number of carbonyl (C=O) groups is 1. The molecule has 0 fully saturated rings. The average molecular weight is 211 g/mol. The molecule has 0 saturated carbocycles. The van der Waals surface area contributed by atoms with E-state index in [9.17, 15) is 4.79 Å². The molecule has 0 bridgehead atoms. The molecule has 1 aliphatic rings. The van der Waals surface area contributed by atoms with Crippen LogP contribution in [0.25, 0.3) is 0 Å². The molecule has 0 aliphatic carbocycles. The Morgan fingerprint density at radius 1 is 1.57 bits per heavy atom. The second kappa shape index (κ2) is 3.50. The molecule has 74 valence electrons. The van der Waals surface area contributed by atoms with E-state index in [0.29, 0.717) is 18.0 Å². The maximum atomic E-state index is 11.0. The van der Waals surface area contributed by atoms with Gasteiger partial charge in [0, 0.05) is 17.3 Å². The van der Waals surface area contributed by atoms with E-state index >= 15 is 0 Å². The number of nitrogens with two attached hydrogens (primary N) is 1. The van der Waals surface area contributed by atoms with Crippen LogP contribution >= 0.6 is 11.6 Å². The molecule has 0 aromatic heterocycles. The quantitative estimate of drug-likeness (QED) is 0.737. The predicted molar refractivity (Wildman–Crippen MR) is 56.3 cm³/mol. The van der Waals surface area contributed by atoms with Gasteiger partial charge in [0.25, 0.3) is 0 Å². The van der Waals surface area contributed by atoms with Crippen molar-refractivity contribution in [3.8, 4) is 0 Å². The summed E-state index contributed by atoms with van der Waals surface area (Å²) in [5.41, 5.74) is 7.36. The number of hydrogen-bond acceptors (Lipinski definition) is 2. The van der Waals surface area contributed by atoms with Crippen molar-refractivity contribution in [3.05, 3.63) is 28.8 Å². The van der Waals surface area contributed by atoms with Crippen LogP contribution in [0.15, 0.2) is 18.2 Å². The summed E-state index contributed by atoms with van der Waals surface area (Å²) in [6.45, 7) is 0.615. The lowest BCUT2D eigenvalue weighted by molar-refractivity contribution is -0.121. The first-order valence-corrected chi connectivity index (χ1v) is 4.86. The summed E-state index contributed by atoms with van der Waals surface area (Å²) in [4.78, 5) is 11.0. The van der Waals surface area contributed by atoms with E-state index in [0.717, 1.165) is 11.3 Å². The third-order valence-electron chi connectivity index (χ3n) is 2.47. The number of anilines is 1. The van der Waals surface area contributed by atoms with Gasteiger partial charge in [-0.1, -0.05) is 11.6 Å². The first-order chi connectivity index (χ1) is 6.66. The maximum Gasteiger partial charge on any atom is 0.222 e. The molecule has 3 nitrogen and oxygen atoms in total. The second-order valence-corrected chi connectivity index (χ2v) is 3.92. The highest BCUT2D eigenvalue weighted by molar-refractivity contribution is 6.30. The van der Waals surface area contributed by atoms with Gasteiger partial charge in [-0.25, -0.2) is 0 Å². The first-order valence-electron chi connectivity index (χ1n) is 4.48. The van der Waals surface area contributed by atoms with Gasteiger partial charge in [0.05, 0.1) is 5.92 Å². The molecule has 0 saturated heterocycles. The zero-order chi connectivity index (χ0) is 10.1. The van der Waals surface area contributed by atoms with Gasteiger partial charge in [-0.15, -0.1) is 0 Å². The van der Waals surface area contributed by atoms with E-state index in [1.165, 1.54) is 0 Å². The topological polar surface area (TPSA) is 55.1 Å². The molecule has 0 radical (unpaired) electrons. The molecule has 0 spiro atoms. The van der Waals surface area contributed by atoms with Gasteiger partial charge in [0.2, 0.25) is 5.91 Å². The molecule has 14 heavy (non-hydrogen) atoms. The van der Waals surface area contributed by atoms with Crippen molar-refractivity contribution >= 4 is 23.2 Å². The van der Waals surface area contributed by atoms with E-state index < -0.39 is 0 Å². The molecule has 3 N–H and O–H groups in total. The van der Waals surface area contributed by atoms with Gasteiger partial charge >= 0.3 is 0 Å². The highest BCUT2D eigenvalue weighted by Gasteiger charge is 2.22. The van der Waals surface area contributed by atoms with Crippen molar-refractivity contribution in [2.24, 2.45) is 11.7 Å². The Morgan fingerprint density at radius 3 is 3.07 bits per heavy atom. The van der Waals surface area contributed by atoms with Crippen LogP contribution < -0.4 is 11.1 Å². The largest absolute Gasteiger partial charge is 0.384 e. The van der Waals surface area contributed by atoms with Crippen LogP contribution in [-0.4, -0.2) is 12.5 Å². The van der Waals surface area contributed by atoms with Crippen LogP contribution in [0.5, 0.6) is 0 Å². The second-order valence-electron chi connectivity index (χ2n) is 3.49. The number of primary amides is 1. The summed E-state index contributed by atoms with van der Waals surface area (Å²) in [7, 11) is 0.